The number of carbonyl (C=O) groups excluding carboxylic acids is 1. The summed E-state index contributed by atoms with van der Waals surface area (Å²) in [4.78, 5) is 34.0. The Morgan fingerprint density at radius 2 is 2.06 bits per heavy atom. The van der Waals surface area contributed by atoms with E-state index in [-0.39, 0.29) is 27.6 Å². The van der Waals surface area contributed by atoms with Crippen molar-refractivity contribution in [3.8, 4) is 0 Å². The van der Waals surface area contributed by atoms with E-state index in [9.17, 15) is 18.0 Å². The lowest BCUT2D eigenvalue weighted by Crippen LogP contribution is -2.54. The molecule has 2 aliphatic heterocycles. The van der Waals surface area contributed by atoms with E-state index in [1.165, 1.54) is 16.4 Å². The van der Waals surface area contributed by atoms with Gasteiger partial charge in [0.25, 0.3) is 0 Å². The maximum Gasteiger partial charge on any atom is 0.305 e. The summed E-state index contributed by atoms with van der Waals surface area (Å²) in [6.45, 7) is 4.68. The molecule has 0 saturated carbocycles. The number of amides is 1. The van der Waals surface area contributed by atoms with E-state index < -0.39 is 16.1 Å². The highest BCUT2D eigenvalue weighted by Crippen LogP contribution is 2.38. The van der Waals surface area contributed by atoms with Gasteiger partial charge in [-0.3, -0.25) is 14.6 Å². The highest BCUT2D eigenvalue weighted by molar-refractivity contribution is 7.89. The van der Waals surface area contributed by atoms with Crippen LogP contribution in [0.2, 0.25) is 0 Å². The van der Waals surface area contributed by atoms with Gasteiger partial charge in [0, 0.05) is 24.7 Å². The second-order valence-electron chi connectivity index (χ2n) is 8.46. The van der Waals surface area contributed by atoms with Crippen molar-refractivity contribution in [3.63, 3.8) is 0 Å². The van der Waals surface area contributed by atoms with Gasteiger partial charge in [0.2, 0.25) is 15.9 Å². The van der Waals surface area contributed by atoms with Crippen LogP contribution in [0.1, 0.15) is 25.0 Å². The predicted octanol–water partition coefficient (Wildman–Crippen LogP) is 2.74. The molecule has 2 saturated heterocycles. The molecule has 172 valence electrons. The van der Waals surface area contributed by atoms with Crippen LogP contribution in [0.4, 0.5) is 0 Å². The number of aromatic nitrogens is 2. The number of rotatable bonds is 5. The number of fused-ring (bicyclic) bond motifs is 3. The van der Waals surface area contributed by atoms with Crippen LogP contribution in [0.25, 0.3) is 10.2 Å². The maximum absolute atomic E-state index is 13.9. The standard InChI is InChI=1S/C23H24N4O4S2/c1-2-15-13-26(14-16-6-3-4-11-24-16)22(28)20-8-5-7-19(15)27(20)33(30,31)17-9-10-18-21(12-17)32-23(29)25-18/h2-4,6,9-12,15,19-20H,1,5,7-8,13-14H2,(H,25,29)/t15-,19-,20?/m0/s1. The zero-order chi connectivity index (χ0) is 23.2. The molecular formula is C23H24N4O4S2. The fourth-order valence-electron chi connectivity index (χ4n) is 4.93. The molecule has 1 amide bonds. The van der Waals surface area contributed by atoms with Crippen molar-refractivity contribution in [2.75, 3.05) is 6.54 Å². The molecule has 2 fully saturated rings. The van der Waals surface area contributed by atoms with Gasteiger partial charge in [-0.2, -0.15) is 4.31 Å². The van der Waals surface area contributed by atoms with Gasteiger partial charge in [-0.1, -0.05) is 23.5 Å². The molecule has 1 aromatic carbocycles. The van der Waals surface area contributed by atoms with Crippen LogP contribution in [0.15, 0.2) is 64.9 Å². The van der Waals surface area contributed by atoms with E-state index in [4.69, 9.17) is 0 Å². The summed E-state index contributed by atoms with van der Waals surface area (Å²) < 4.78 is 29.8. The second kappa shape index (κ2) is 8.51. The summed E-state index contributed by atoms with van der Waals surface area (Å²) in [6, 6.07) is 9.04. The molecule has 3 atom stereocenters. The van der Waals surface area contributed by atoms with Gasteiger partial charge >= 0.3 is 4.87 Å². The number of nitrogens with zero attached hydrogens (tertiary/aromatic N) is 3. The van der Waals surface area contributed by atoms with Gasteiger partial charge in [0.15, 0.2) is 0 Å². The van der Waals surface area contributed by atoms with Crippen molar-refractivity contribution >= 4 is 37.5 Å². The van der Waals surface area contributed by atoms with E-state index >= 15 is 0 Å². The molecule has 0 aliphatic carbocycles. The summed E-state index contributed by atoms with van der Waals surface area (Å²) in [5.74, 6) is -0.407. The van der Waals surface area contributed by atoms with Gasteiger partial charge in [-0.05, 0) is 49.6 Å². The largest absolute Gasteiger partial charge is 0.335 e. The van der Waals surface area contributed by atoms with Gasteiger partial charge < -0.3 is 9.88 Å². The monoisotopic (exact) mass is 484 g/mol. The first-order chi connectivity index (χ1) is 15.9. The average molecular weight is 485 g/mol. The second-order valence-corrected chi connectivity index (χ2v) is 11.3. The van der Waals surface area contributed by atoms with E-state index in [1.54, 1.807) is 23.2 Å². The molecule has 2 bridgehead atoms. The molecule has 0 spiro atoms. The lowest BCUT2D eigenvalue weighted by molar-refractivity contribution is -0.135. The van der Waals surface area contributed by atoms with Crippen LogP contribution in [0.5, 0.6) is 0 Å². The molecule has 4 heterocycles. The van der Waals surface area contributed by atoms with E-state index in [0.717, 1.165) is 23.5 Å². The molecule has 1 unspecified atom stereocenters. The van der Waals surface area contributed by atoms with E-state index in [1.807, 2.05) is 18.2 Å². The highest BCUT2D eigenvalue weighted by Gasteiger charge is 2.49. The Bertz CT molecular complexity index is 1370. The first-order valence-electron chi connectivity index (χ1n) is 10.9. The normalized spacial score (nSPS) is 24.1. The maximum atomic E-state index is 13.9. The van der Waals surface area contributed by atoms with Crippen LogP contribution < -0.4 is 4.87 Å². The van der Waals surface area contributed by atoms with Crippen molar-refractivity contribution < 1.29 is 13.2 Å². The molecule has 3 aromatic rings. The molecule has 10 heteroatoms. The van der Waals surface area contributed by atoms with Gasteiger partial charge in [-0.15, -0.1) is 6.58 Å². The van der Waals surface area contributed by atoms with Crippen molar-refractivity contribution in [1.29, 1.82) is 0 Å². The van der Waals surface area contributed by atoms with Crippen LogP contribution in [-0.2, 0) is 21.4 Å². The molecular weight excluding hydrogens is 460 g/mol. The summed E-state index contributed by atoms with van der Waals surface area (Å²) in [5, 5.41) is 0. The smallest absolute Gasteiger partial charge is 0.305 e. The zero-order valence-electron chi connectivity index (χ0n) is 17.9. The molecule has 2 aliphatic rings. The Kier molecular flexibility index (Phi) is 5.67. The lowest BCUT2D eigenvalue weighted by atomic mass is 9.90. The molecule has 33 heavy (non-hydrogen) atoms. The quantitative estimate of drug-likeness (QED) is 0.561. The third kappa shape index (κ3) is 3.92. The van der Waals surface area contributed by atoms with E-state index in [2.05, 4.69) is 16.5 Å². The fraction of sp³-hybridized carbons (Fsp3) is 0.348. The number of benzene rings is 1. The number of thiazole rings is 1. The number of carbonyl (C=O) groups is 1. The number of H-pyrrole nitrogens is 1. The van der Waals surface area contributed by atoms with Crippen molar-refractivity contribution in [3.05, 3.63) is 70.6 Å². The molecule has 1 N–H and O–H groups in total. The van der Waals surface area contributed by atoms with E-state index in [0.29, 0.717) is 36.1 Å². The summed E-state index contributed by atoms with van der Waals surface area (Å²) in [7, 11) is -3.99. The number of sulfonamides is 1. The lowest BCUT2D eigenvalue weighted by Gasteiger charge is -2.40. The molecule has 5 rings (SSSR count). The van der Waals surface area contributed by atoms with Crippen LogP contribution in [0.3, 0.4) is 0 Å². The van der Waals surface area contributed by atoms with Crippen LogP contribution in [0, 0.1) is 5.92 Å². The van der Waals surface area contributed by atoms with Crippen LogP contribution in [-0.4, -0.2) is 52.1 Å². The number of pyridine rings is 1. The first-order valence-corrected chi connectivity index (χ1v) is 13.1. The van der Waals surface area contributed by atoms with Gasteiger partial charge in [-0.25, -0.2) is 8.42 Å². The Morgan fingerprint density at radius 3 is 2.82 bits per heavy atom. The predicted molar refractivity (Wildman–Crippen MR) is 126 cm³/mol. The minimum Gasteiger partial charge on any atom is -0.335 e. The van der Waals surface area contributed by atoms with Crippen molar-refractivity contribution in [2.45, 2.75) is 42.8 Å². The molecule has 8 nitrogen and oxygen atoms in total. The number of hydrogen-bond donors (Lipinski definition) is 1. The average Bonchev–Trinajstić information content (AvgIpc) is 3.18. The number of aromatic amines is 1. The Hall–Kier alpha value is -2.82. The zero-order valence-corrected chi connectivity index (χ0v) is 19.5. The topological polar surface area (TPSA) is 103 Å². The highest BCUT2D eigenvalue weighted by atomic mass is 32.2. The van der Waals surface area contributed by atoms with Gasteiger partial charge in [0.05, 0.1) is 27.4 Å². The summed E-state index contributed by atoms with van der Waals surface area (Å²) in [5.41, 5.74) is 1.36. The van der Waals surface area contributed by atoms with Crippen molar-refractivity contribution in [2.24, 2.45) is 5.92 Å². The SMILES string of the molecule is C=C[C@H]1CN(Cc2ccccn2)C(=O)C2CCC[C@@H]1N2S(=O)(=O)c1ccc2[nH]c(=O)sc2c1. The molecule has 2 aromatic heterocycles. The Morgan fingerprint density at radius 1 is 1.21 bits per heavy atom. The number of hydrogen-bond acceptors (Lipinski definition) is 6. The fourth-order valence-corrected chi connectivity index (χ4v) is 7.68. The molecule has 0 radical (unpaired) electrons. The first kappa shape index (κ1) is 22.0. The number of nitrogens with one attached hydrogen (secondary N) is 1. The van der Waals surface area contributed by atoms with Gasteiger partial charge in [0.1, 0.15) is 6.04 Å². The van der Waals surface area contributed by atoms with Crippen molar-refractivity contribution in [1.82, 2.24) is 19.2 Å². The van der Waals surface area contributed by atoms with Crippen LogP contribution >= 0.6 is 11.3 Å². The third-order valence-electron chi connectivity index (χ3n) is 6.48. The third-order valence-corrected chi connectivity index (χ3v) is 9.26. The summed E-state index contributed by atoms with van der Waals surface area (Å²) in [6.07, 6.45) is 5.35. The minimum absolute atomic E-state index is 0.0935. The summed E-state index contributed by atoms with van der Waals surface area (Å²) >= 11 is 0.969. The number of piperidine rings is 1. The Labute approximate surface area is 195 Å². The minimum atomic E-state index is -3.99. The Balaban J connectivity index is 1.56.